The van der Waals surface area contributed by atoms with Gasteiger partial charge in [0.05, 0.1) is 5.52 Å². The Morgan fingerprint density at radius 2 is 2.11 bits per heavy atom. The Balaban J connectivity index is 1.80. The summed E-state index contributed by atoms with van der Waals surface area (Å²) in [5.41, 5.74) is 10.0. The average molecular weight is 252 g/mol. The van der Waals surface area contributed by atoms with Crippen molar-refractivity contribution in [3.05, 3.63) is 53.7 Å². The maximum absolute atomic E-state index is 6.34. The molecule has 2 N–H and O–H groups in total. The summed E-state index contributed by atoms with van der Waals surface area (Å²) < 4.78 is 0. The van der Waals surface area contributed by atoms with Crippen LogP contribution >= 0.6 is 0 Å². The average Bonchev–Trinajstić information content (AvgIpc) is 2.48. The first-order chi connectivity index (χ1) is 9.33. The van der Waals surface area contributed by atoms with Crippen LogP contribution in [0.4, 0.5) is 0 Å². The monoisotopic (exact) mass is 252 g/mol. The molecule has 1 aromatic heterocycles. The van der Waals surface area contributed by atoms with Gasteiger partial charge in [0, 0.05) is 17.6 Å². The Bertz CT molecular complexity index is 601. The van der Waals surface area contributed by atoms with E-state index in [0.29, 0.717) is 0 Å². The van der Waals surface area contributed by atoms with Gasteiger partial charge in [-0.15, -0.1) is 0 Å². The van der Waals surface area contributed by atoms with Gasteiger partial charge in [0.2, 0.25) is 0 Å². The first kappa shape index (κ1) is 12.4. The zero-order valence-electron chi connectivity index (χ0n) is 11.2. The van der Waals surface area contributed by atoms with Crippen LogP contribution in [0.2, 0.25) is 0 Å². The molecule has 98 valence electrons. The molecule has 2 nitrogen and oxygen atoms in total. The molecule has 0 fully saturated rings. The number of benzene rings is 1. The molecule has 1 unspecified atom stereocenters. The quantitative estimate of drug-likeness (QED) is 0.834. The van der Waals surface area contributed by atoms with Crippen molar-refractivity contribution in [3.63, 3.8) is 0 Å². The second-order valence-electron chi connectivity index (χ2n) is 5.38. The SMILES string of the molecule is NC(CC1=CCCCC1)c1cnc2ccccc2c1. The van der Waals surface area contributed by atoms with Crippen molar-refractivity contribution in [1.29, 1.82) is 0 Å². The van der Waals surface area contributed by atoms with Crippen LogP contribution in [-0.4, -0.2) is 4.98 Å². The van der Waals surface area contributed by atoms with Gasteiger partial charge < -0.3 is 5.73 Å². The summed E-state index contributed by atoms with van der Waals surface area (Å²) in [7, 11) is 0. The van der Waals surface area contributed by atoms with Crippen molar-refractivity contribution < 1.29 is 0 Å². The number of fused-ring (bicyclic) bond motifs is 1. The highest BCUT2D eigenvalue weighted by molar-refractivity contribution is 5.78. The summed E-state index contributed by atoms with van der Waals surface area (Å²) >= 11 is 0. The fourth-order valence-electron chi connectivity index (χ4n) is 2.78. The lowest BCUT2D eigenvalue weighted by Crippen LogP contribution is -2.12. The van der Waals surface area contributed by atoms with Crippen molar-refractivity contribution >= 4 is 10.9 Å². The molecule has 0 radical (unpaired) electrons. The van der Waals surface area contributed by atoms with Gasteiger partial charge in [0.1, 0.15) is 0 Å². The van der Waals surface area contributed by atoms with Crippen LogP contribution in [0, 0.1) is 0 Å². The molecule has 1 aliphatic rings. The Kier molecular flexibility index (Phi) is 3.60. The standard InChI is InChI=1S/C17H20N2/c18-16(10-13-6-2-1-3-7-13)15-11-14-8-4-5-9-17(14)19-12-15/h4-6,8-9,11-12,16H,1-3,7,10,18H2. The number of hydrogen-bond donors (Lipinski definition) is 1. The lowest BCUT2D eigenvalue weighted by atomic mass is 9.92. The number of allylic oxidation sites excluding steroid dienone is 1. The number of aromatic nitrogens is 1. The molecule has 1 heterocycles. The van der Waals surface area contributed by atoms with Gasteiger partial charge in [-0.2, -0.15) is 0 Å². The summed E-state index contributed by atoms with van der Waals surface area (Å²) in [5, 5.41) is 1.17. The fraction of sp³-hybridized carbons (Fsp3) is 0.353. The van der Waals surface area contributed by atoms with Crippen LogP contribution in [0.5, 0.6) is 0 Å². The van der Waals surface area contributed by atoms with Gasteiger partial charge in [-0.1, -0.05) is 29.8 Å². The van der Waals surface area contributed by atoms with Gasteiger partial charge in [0.15, 0.2) is 0 Å². The maximum atomic E-state index is 6.34. The Morgan fingerprint density at radius 3 is 2.95 bits per heavy atom. The molecule has 0 saturated carbocycles. The molecule has 1 atom stereocenters. The van der Waals surface area contributed by atoms with Gasteiger partial charge in [0.25, 0.3) is 0 Å². The molecule has 0 aliphatic heterocycles. The van der Waals surface area contributed by atoms with Crippen LogP contribution in [-0.2, 0) is 0 Å². The largest absolute Gasteiger partial charge is 0.324 e. The minimum atomic E-state index is 0.0708. The number of rotatable bonds is 3. The van der Waals surface area contributed by atoms with Crippen LogP contribution in [0.3, 0.4) is 0 Å². The first-order valence-corrected chi connectivity index (χ1v) is 7.11. The van der Waals surface area contributed by atoms with Crippen molar-refractivity contribution in [3.8, 4) is 0 Å². The van der Waals surface area contributed by atoms with Crippen LogP contribution < -0.4 is 5.73 Å². The lowest BCUT2D eigenvalue weighted by molar-refractivity contribution is 0.628. The molecule has 1 aromatic carbocycles. The number of hydrogen-bond acceptors (Lipinski definition) is 2. The highest BCUT2D eigenvalue weighted by Crippen LogP contribution is 2.27. The van der Waals surface area contributed by atoms with E-state index in [1.54, 1.807) is 0 Å². The molecule has 2 aromatic rings. The predicted molar refractivity (Wildman–Crippen MR) is 79.8 cm³/mol. The molecular weight excluding hydrogens is 232 g/mol. The lowest BCUT2D eigenvalue weighted by Gasteiger charge is -2.17. The van der Waals surface area contributed by atoms with Gasteiger partial charge in [-0.3, -0.25) is 4.98 Å². The van der Waals surface area contributed by atoms with Crippen molar-refractivity contribution in [1.82, 2.24) is 4.98 Å². The third kappa shape index (κ3) is 2.85. The fourth-order valence-corrected chi connectivity index (χ4v) is 2.78. The highest BCUT2D eigenvalue weighted by Gasteiger charge is 2.11. The van der Waals surface area contributed by atoms with E-state index < -0.39 is 0 Å². The smallest absolute Gasteiger partial charge is 0.0702 e. The molecule has 3 rings (SSSR count). The molecule has 0 bridgehead atoms. The molecule has 0 saturated heterocycles. The van der Waals surface area contributed by atoms with Crippen molar-refractivity contribution in [2.75, 3.05) is 0 Å². The van der Waals surface area contributed by atoms with Crippen molar-refractivity contribution in [2.45, 2.75) is 38.1 Å². The van der Waals surface area contributed by atoms with E-state index in [0.717, 1.165) is 17.5 Å². The minimum Gasteiger partial charge on any atom is -0.324 e. The Labute approximate surface area is 114 Å². The van der Waals surface area contributed by atoms with Gasteiger partial charge >= 0.3 is 0 Å². The number of nitrogens with zero attached hydrogens (tertiary/aromatic N) is 1. The van der Waals surface area contributed by atoms with E-state index in [-0.39, 0.29) is 6.04 Å². The number of nitrogens with two attached hydrogens (primary N) is 1. The zero-order chi connectivity index (χ0) is 13.1. The summed E-state index contributed by atoms with van der Waals surface area (Å²) in [6, 6.07) is 10.4. The van der Waals surface area contributed by atoms with Gasteiger partial charge in [-0.25, -0.2) is 0 Å². The van der Waals surface area contributed by atoms with E-state index in [1.807, 2.05) is 24.4 Å². The molecule has 19 heavy (non-hydrogen) atoms. The minimum absolute atomic E-state index is 0.0708. The zero-order valence-corrected chi connectivity index (χ0v) is 11.2. The topological polar surface area (TPSA) is 38.9 Å². The number of pyridine rings is 1. The summed E-state index contributed by atoms with van der Waals surface area (Å²) in [4.78, 5) is 4.50. The molecule has 0 spiro atoms. The normalized spacial score (nSPS) is 17.2. The van der Waals surface area contributed by atoms with E-state index in [4.69, 9.17) is 5.73 Å². The third-order valence-corrected chi connectivity index (χ3v) is 3.91. The summed E-state index contributed by atoms with van der Waals surface area (Å²) in [6.45, 7) is 0. The Morgan fingerprint density at radius 1 is 1.21 bits per heavy atom. The Hall–Kier alpha value is -1.67. The highest BCUT2D eigenvalue weighted by atomic mass is 14.7. The third-order valence-electron chi connectivity index (χ3n) is 3.91. The van der Waals surface area contributed by atoms with Crippen molar-refractivity contribution in [2.24, 2.45) is 5.73 Å². The molecule has 0 amide bonds. The van der Waals surface area contributed by atoms with E-state index >= 15 is 0 Å². The van der Waals surface area contributed by atoms with E-state index in [2.05, 4.69) is 23.2 Å². The molecule has 1 aliphatic carbocycles. The van der Waals surface area contributed by atoms with E-state index in [9.17, 15) is 0 Å². The second kappa shape index (κ2) is 5.54. The van der Waals surface area contributed by atoms with E-state index in [1.165, 1.54) is 36.6 Å². The van der Waals surface area contributed by atoms with Crippen LogP contribution in [0.15, 0.2) is 48.2 Å². The summed E-state index contributed by atoms with van der Waals surface area (Å²) in [5.74, 6) is 0. The summed E-state index contributed by atoms with van der Waals surface area (Å²) in [6.07, 6.45) is 10.4. The van der Waals surface area contributed by atoms with Gasteiger partial charge in [-0.05, 0) is 49.8 Å². The molecule has 2 heteroatoms. The molecular formula is C17H20N2. The van der Waals surface area contributed by atoms with Crippen LogP contribution in [0.1, 0.15) is 43.7 Å². The second-order valence-corrected chi connectivity index (χ2v) is 5.38. The maximum Gasteiger partial charge on any atom is 0.0702 e. The first-order valence-electron chi connectivity index (χ1n) is 7.11. The number of para-hydroxylation sites is 1. The van der Waals surface area contributed by atoms with Crippen LogP contribution in [0.25, 0.3) is 10.9 Å². The predicted octanol–water partition coefficient (Wildman–Crippen LogP) is 4.13.